The number of aryl methyl sites for hydroxylation is 1. The molecule has 29 heavy (non-hydrogen) atoms. The van der Waals surface area contributed by atoms with Gasteiger partial charge in [-0.1, -0.05) is 17.7 Å². The Morgan fingerprint density at radius 1 is 1.17 bits per heavy atom. The van der Waals surface area contributed by atoms with E-state index in [1.165, 1.54) is 31.2 Å². The van der Waals surface area contributed by atoms with E-state index in [2.05, 4.69) is 5.32 Å². The van der Waals surface area contributed by atoms with E-state index >= 15 is 0 Å². The van der Waals surface area contributed by atoms with Gasteiger partial charge in [0.2, 0.25) is 0 Å². The van der Waals surface area contributed by atoms with Crippen molar-refractivity contribution in [2.45, 2.75) is 25.5 Å². The molecule has 0 spiro atoms. The number of nitro benzene ring substituents is 1. The Morgan fingerprint density at radius 2 is 1.79 bits per heavy atom. The van der Waals surface area contributed by atoms with Gasteiger partial charge in [-0.15, -0.1) is 0 Å². The van der Waals surface area contributed by atoms with Crippen LogP contribution in [-0.4, -0.2) is 46.1 Å². The maximum absolute atomic E-state index is 12.9. The van der Waals surface area contributed by atoms with Crippen molar-refractivity contribution in [1.82, 2.24) is 10.2 Å². The zero-order chi connectivity index (χ0) is 21.2. The van der Waals surface area contributed by atoms with Crippen molar-refractivity contribution < 1.29 is 24.4 Å². The third-order valence-corrected chi connectivity index (χ3v) is 4.79. The number of nitrogens with one attached hydrogen (secondary N) is 1. The minimum Gasteiger partial charge on any atom is -0.491 e. The fourth-order valence-electron chi connectivity index (χ4n) is 3.07. The van der Waals surface area contributed by atoms with E-state index in [4.69, 9.17) is 4.74 Å². The van der Waals surface area contributed by atoms with E-state index in [0.717, 1.165) is 10.5 Å². The molecule has 0 unspecified atom stereocenters. The number of imide groups is 1. The van der Waals surface area contributed by atoms with Gasteiger partial charge in [0.05, 0.1) is 11.5 Å². The summed E-state index contributed by atoms with van der Waals surface area (Å²) in [5.41, 5.74) is -0.00391. The minimum absolute atomic E-state index is 0.0889. The highest BCUT2D eigenvalue weighted by Crippen LogP contribution is 2.30. The number of non-ortho nitro benzene ring substituents is 1. The van der Waals surface area contributed by atoms with Crippen molar-refractivity contribution >= 4 is 17.6 Å². The Kier molecular flexibility index (Phi) is 5.51. The molecule has 1 heterocycles. The van der Waals surface area contributed by atoms with Crippen LogP contribution >= 0.6 is 0 Å². The SMILES string of the molecule is Cc1ccc(OC[C@@H](O)CN2C(=O)N[C@@](C)(c3ccc([N+](=O)[O-])cc3)C2=O)cc1. The zero-order valence-corrected chi connectivity index (χ0v) is 16.0. The first-order valence-electron chi connectivity index (χ1n) is 8.97. The van der Waals surface area contributed by atoms with Gasteiger partial charge in [0.1, 0.15) is 24.0 Å². The topological polar surface area (TPSA) is 122 Å². The van der Waals surface area contributed by atoms with Crippen LogP contribution in [0.25, 0.3) is 0 Å². The molecule has 0 radical (unpaired) electrons. The molecule has 0 bridgehead atoms. The van der Waals surface area contributed by atoms with Crippen molar-refractivity contribution in [2.75, 3.05) is 13.2 Å². The summed E-state index contributed by atoms with van der Waals surface area (Å²) in [5.74, 6) is 0.0216. The second-order valence-corrected chi connectivity index (χ2v) is 7.05. The van der Waals surface area contributed by atoms with Crippen molar-refractivity contribution in [1.29, 1.82) is 0 Å². The highest BCUT2D eigenvalue weighted by molar-refractivity contribution is 6.07. The van der Waals surface area contributed by atoms with Gasteiger partial charge in [-0.25, -0.2) is 4.79 Å². The summed E-state index contributed by atoms with van der Waals surface area (Å²) in [5, 5.41) is 23.6. The van der Waals surface area contributed by atoms with Crippen molar-refractivity contribution in [2.24, 2.45) is 0 Å². The molecule has 1 aliphatic heterocycles. The average Bonchev–Trinajstić information content (AvgIpc) is 2.91. The molecule has 0 aromatic heterocycles. The first-order valence-corrected chi connectivity index (χ1v) is 8.97. The van der Waals surface area contributed by atoms with Crippen LogP contribution in [0.5, 0.6) is 5.75 Å². The molecule has 2 N–H and O–H groups in total. The van der Waals surface area contributed by atoms with Crippen LogP contribution in [0.4, 0.5) is 10.5 Å². The quantitative estimate of drug-likeness (QED) is 0.418. The van der Waals surface area contributed by atoms with Gasteiger partial charge < -0.3 is 15.2 Å². The molecule has 1 fully saturated rings. The first-order chi connectivity index (χ1) is 13.7. The van der Waals surface area contributed by atoms with E-state index in [9.17, 15) is 24.8 Å². The number of β-amino-alcohol motifs (C(OH)–C–C–N with tert-alkyl or cyclic N) is 1. The van der Waals surface area contributed by atoms with Crippen LogP contribution in [-0.2, 0) is 10.3 Å². The number of aliphatic hydroxyl groups is 1. The molecule has 1 aliphatic rings. The number of aliphatic hydroxyl groups excluding tert-OH is 1. The van der Waals surface area contributed by atoms with Gasteiger partial charge in [0, 0.05) is 12.1 Å². The molecule has 152 valence electrons. The number of benzene rings is 2. The Morgan fingerprint density at radius 3 is 2.38 bits per heavy atom. The number of hydrogen-bond donors (Lipinski definition) is 2. The number of urea groups is 1. The summed E-state index contributed by atoms with van der Waals surface area (Å²) in [6, 6.07) is 12.0. The number of carbonyl (C=O) groups excluding carboxylic acids is 2. The molecule has 9 nitrogen and oxygen atoms in total. The number of ether oxygens (including phenoxy) is 1. The second-order valence-electron chi connectivity index (χ2n) is 7.05. The zero-order valence-electron chi connectivity index (χ0n) is 16.0. The summed E-state index contributed by atoms with van der Waals surface area (Å²) < 4.78 is 5.49. The number of hydrogen-bond acceptors (Lipinski definition) is 6. The fourth-order valence-corrected chi connectivity index (χ4v) is 3.07. The normalized spacial score (nSPS) is 19.8. The average molecular weight is 399 g/mol. The summed E-state index contributed by atoms with van der Waals surface area (Å²) in [6.07, 6.45) is -1.08. The number of amides is 3. The van der Waals surface area contributed by atoms with Crippen molar-refractivity contribution in [3.8, 4) is 5.75 Å². The lowest BCUT2D eigenvalue weighted by molar-refractivity contribution is -0.384. The van der Waals surface area contributed by atoms with Crippen LogP contribution in [0.1, 0.15) is 18.1 Å². The molecule has 3 amide bonds. The highest BCUT2D eigenvalue weighted by atomic mass is 16.6. The molecule has 2 aromatic carbocycles. The third-order valence-electron chi connectivity index (χ3n) is 4.79. The number of carbonyl (C=O) groups is 2. The Hall–Kier alpha value is -3.46. The van der Waals surface area contributed by atoms with Crippen LogP contribution in [0.3, 0.4) is 0 Å². The predicted octanol–water partition coefficient (Wildman–Crippen LogP) is 2.11. The van der Waals surface area contributed by atoms with Crippen LogP contribution in [0, 0.1) is 17.0 Å². The lowest BCUT2D eigenvalue weighted by Crippen LogP contribution is -2.42. The van der Waals surface area contributed by atoms with E-state index < -0.39 is 28.5 Å². The third kappa shape index (κ3) is 4.19. The molecular weight excluding hydrogens is 378 g/mol. The summed E-state index contributed by atoms with van der Waals surface area (Å²) in [7, 11) is 0. The second kappa shape index (κ2) is 7.88. The fraction of sp³-hybridized carbons (Fsp3) is 0.300. The number of nitrogens with zero attached hydrogens (tertiary/aromatic N) is 2. The van der Waals surface area contributed by atoms with Crippen molar-refractivity contribution in [3.63, 3.8) is 0 Å². The van der Waals surface area contributed by atoms with E-state index in [0.29, 0.717) is 11.3 Å². The monoisotopic (exact) mass is 399 g/mol. The number of rotatable bonds is 7. The molecule has 3 rings (SSSR count). The van der Waals surface area contributed by atoms with Crippen LogP contribution in [0.15, 0.2) is 48.5 Å². The largest absolute Gasteiger partial charge is 0.491 e. The van der Waals surface area contributed by atoms with Gasteiger partial charge in [-0.05, 0) is 43.7 Å². The smallest absolute Gasteiger partial charge is 0.325 e. The Bertz CT molecular complexity index is 928. The maximum Gasteiger partial charge on any atom is 0.325 e. The van der Waals surface area contributed by atoms with E-state index in [-0.39, 0.29) is 18.8 Å². The van der Waals surface area contributed by atoms with Crippen LogP contribution in [0.2, 0.25) is 0 Å². The summed E-state index contributed by atoms with van der Waals surface area (Å²) in [6.45, 7) is 3.13. The van der Waals surface area contributed by atoms with Gasteiger partial charge in [0.25, 0.3) is 11.6 Å². The molecular formula is C20H21N3O6. The lowest BCUT2D eigenvalue weighted by Gasteiger charge is -2.23. The molecule has 2 atom stereocenters. The number of nitro groups is 1. The molecule has 0 saturated carbocycles. The molecule has 1 saturated heterocycles. The molecule has 9 heteroatoms. The maximum atomic E-state index is 12.9. The molecule has 2 aromatic rings. The molecule has 0 aliphatic carbocycles. The van der Waals surface area contributed by atoms with Gasteiger partial charge in [0.15, 0.2) is 0 Å². The standard InChI is InChI=1S/C20H21N3O6/c1-13-3-9-17(10-4-13)29-12-16(24)11-22-18(25)20(2,21-19(22)26)14-5-7-15(8-6-14)23(27)28/h3-10,16,24H,11-12H2,1-2H3,(H,21,26)/t16-,20-/m0/s1. The summed E-state index contributed by atoms with van der Waals surface area (Å²) >= 11 is 0. The Labute approximate surface area is 167 Å². The lowest BCUT2D eigenvalue weighted by atomic mass is 9.92. The minimum atomic E-state index is -1.37. The van der Waals surface area contributed by atoms with Gasteiger partial charge in [-0.3, -0.25) is 19.8 Å². The predicted molar refractivity (Wildman–Crippen MR) is 103 cm³/mol. The van der Waals surface area contributed by atoms with E-state index in [1.54, 1.807) is 12.1 Å². The van der Waals surface area contributed by atoms with Gasteiger partial charge in [-0.2, -0.15) is 0 Å². The Balaban J connectivity index is 1.66. The van der Waals surface area contributed by atoms with Crippen LogP contribution < -0.4 is 10.1 Å². The van der Waals surface area contributed by atoms with E-state index in [1.807, 2.05) is 19.1 Å². The summed E-state index contributed by atoms with van der Waals surface area (Å²) in [4.78, 5) is 36.4. The first kappa shape index (κ1) is 20.3. The van der Waals surface area contributed by atoms with Crippen molar-refractivity contribution in [3.05, 3.63) is 69.8 Å². The highest BCUT2D eigenvalue weighted by Gasteiger charge is 2.49. The van der Waals surface area contributed by atoms with Gasteiger partial charge >= 0.3 is 6.03 Å².